The number of anilines is 3. The van der Waals surface area contributed by atoms with Crippen molar-refractivity contribution in [3.8, 4) is 0 Å². The Morgan fingerprint density at radius 1 is 1.00 bits per heavy atom. The molecule has 0 radical (unpaired) electrons. The fourth-order valence-corrected chi connectivity index (χ4v) is 2.37. The molecule has 1 N–H and O–H groups in total. The third-order valence-electron chi connectivity index (χ3n) is 3.55. The summed E-state index contributed by atoms with van der Waals surface area (Å²) in [6.45, 7) is 1.55. The van der Waals surface area contributed by atoms with E-state index >= 15 is 0 Å². The minimum atomic E-state index is 0.0494. The largest absolute Gasteiger partial charge is 0.362 e. The maximum Gasteiger partial charge on any atom is 0.229 e. The maximum absolute atomic E-state index is 11.3. The first kappa shape index (κ1) is 15.0. The predicted molar refractivity (Wildman–Crippen MR) is 93.6 cm³/mol. The number of para-hydroxylation sites is 1. The number of benzene rings is 2. The summed E-state index contributed by atoms with van der Waals surface area (Å²) in [4.78, 5) is 22.4. The number of carbonyl (C=O) groups is 1. The fourth-order valence-electron chi connectivity index (χ4n) is 2.37. The van der Waals surface area contributed by atoms with Crippen molar-refractivity contribution in [2.75, 3.05) is 24.3 Å². The van der Waals surface area contributed by atoms with Crippen LogP contribution < -0.4 is 10.2 Å². The molecule has 0 spiro atoms. The summed E-state index contributed by atoms with van der Waals surface area (Å²) < 4.78 is 0. The molecule has 0 atom stereocenters. The van der Waals surface area contributed by atoms with Crippen LogP contribution in [0.1, 0.15) is 17.3 Å². The summed E-state index contributed by atoms with van der Waals surface area (Å²) in [5.74, 6) is 1.44. The van der Waals surface area contributed by atoms with Crippen molar-refractivity contribution < 1.29 is 4.79 Å². The van der Waals surface area contributed by atoms with E-state index in [0.29, 0.717) is 11.5 Å². The number of nitrogens with zero attached hydrogens (tertiary/aromatic N) is 3. The molecule has 0 bridgehead atoms. The number of rotatable bonds is 4. The lowest BCUT2D eigenvalue weighted by Crippen LogP contribution is -2.13. The summed E-state index contributed by atoms with van der Waals surface area (Å²) in [6, 6.07) is 15.2. The van der Waals surface area contributed by atoms with Crippen LogP contribution >= 0.6 is 0 Å². The molecule has 0 aliphatic rings. The Bertz CT molecular complexity index is 857. The van der Waals surface area contributed by atoms with Gasteiger partial charge in [0.25, 0.3) is 0 Å². The first-order chi connectivity index (χ1) is 11.0. The van der Waals surface area contributed by atoms with Gasteiger partial charge in [-0.1, -0.05) is 12.1 Å². The lowest BCUT2D eigenvalue weighted by molar-refractivity contribution is 0.101. The molecule has 5 heteroatoms. The standard InChI is InChI=1S/C18H18N4O/c1-12(23)13-8-10-14(11-9-13)19-18-20-16-7-5-4-6-15(16)17(21-18)22(2)3/h4-11H,1-3H3,(H,19,20,21). The zero-order chi connectivity index (χ0) is 16.4. The molecule has 116 valence electrons. The molecular weight excluding hydrogens is 288 g/mol. The number of hydrogen-bond donors (Lipinski definition) is 1. The number of hydrogen-bond acceptors (Lipinski definition) is 5. The van der Waals surface area contributed by atoms with Crippen molar-refractivity contribution in [3.05, 3.63) is 54.1 Å². The molecule has 0 saturated heterocycles. The van der Waals surface area contributed by atoms with Gasteiger partial charge in [-0.05, 0) is 43.3 Å². The van der Waals surface area contributed by atoms with E-state index in [0.717, 1.165) is 22.4 Å². The summed E-state index contributed by atoms with van der Waals surface area (Å²) in [5.41, 5.74) is 2.41. The van der Waals surface area contributed by atoms with E-state index in [4.69, 9.17) is 0 Å². The van der Waals surface area contributed by atoms with Crippen molar-refractivity contribution in [2.24, 2.45) is 0 Å². The Morgan fingerprint density at radius 2 is 1.70 bits per heavy atom. The highest BCUT2D eigenvalue weighted by Crippen LogP contribution is 2.25. The van der Waals surface area contributed by atoms with Crippen LogP contribution in [0.15, 0.2) is 48.5 Å². The fraction of sp³-hybridized carbons (Fsp3) is 0.167. The molecule has 0 aliphatic heterocycles. The van der Waals surface area contributed by atoms with Crippen molar-refractivity contribution in [1.82, 2.24) is 9.97 Å². The summed E-state index contributed by atoms with van der Waals surface area (Å²) in [6.07, 6.45) is 0. The van der Waals surface area contributed by atoms with Gasteiger partial charge >= 0.3 is 0 Å². The van der Waals surface area contributed by atoms with Crippen LogP contribution in [-0.4, -0.2) is 29.8 Å². The van der Waals surface area contributed by atoms with Gasteiger partial charge in [-0.25, -0.2) is 4.98 Å². The number of aromatic nitrogens is 2. The van der Waals surface area contributed by atoms with Crippen LogP contribution in [0, 0.1) is 0 Å². The van der Waals surface area contributed by atoms with Crippen molar-refractivity contribution in [2.45, 2.75) is 6.92 Å². The highest BCUT2D eigenvalue weighted by atomic mass is 16.1. The molecule has 0 fully saturated rings. The minimum absolute atomic E-state index is 0.0494. The quantitative estimate of drug-likeness (QED) is 0.746. The Labute approximate surface area is 135 Å². The van der Waals surface area contributed by atoms with Gasteiger partial charge in [0, 0.05) is 30.7 Å². The topological polar surface area (TPSA) is 58.1 Å². The number of ketones is 1. The molecule has 1 heterocycles. The van der Waals surface area contributed by atoms with Crippen molar-refractivity contribution >= 4 is 34.1 Å². The molecule has 23 heavy (non-hydrogen) atoms. The van der Waals surface area contributed by atoms with E-state index in [1.165, 1.54) is 0 Å². The highest BCUT2D eigenvalue weighted by Gasteiger charge is 2.09. The summed E-state index contributed by atoms with van der Waals surface area (Å²) in [5, 5.41) is 4.21. The summed E-state index contributed by atoms with van der Waals surface area (Å²) in [7, 11) is 3.92. The Hall–Kier alpha value is -2.95. The lowest BCUT2D eigenvalue weighted by Gasteiger charge is -2.15. The van der Waals surface area contributed by atoms with Crippen LogP contribution in [0.3, 0.4) is 0 Å². The normalized spacial score (nSPS) is 10.6. The number of nitrogens with one attached hydrogen (secondary N) is 1. The Kier molecular flexibility index (Phi) is 3.93. The summed E-state index contributed by atoms with van der Waals surface area (Å²) >= 11 is 0. The molecule has 0 amide bonds. The van der Waals surface area contributed by atoms with Crippen molar-refractivity contribution in [3.63, 3.8) is 0 Å². The molecule has 3 rings (SSSR count). The zero-order valence-corrected chi connectivity index (χ0v) is 13.4. The third kappa shape index (κ3) is 3.13. The average molecular weight is 306 g/mol. The predicted octanol–water partition coefficient (Wildman–Crippen LogP) is 3.64. The highest BCUT2D eigenvalue weighted by molar-refractivity contribution is 5.94. The first-order valence-corrected chi connectivity index (χ1v) is 7.37. The van der Waals surface area contributed by atoms with Gasteiger partial charge in [0.05, 0.1) is 5.52 Å². The Balaban J connectivity index is 1.98. The average Bonchev–Trinajstić information content (AvgIpc) is 2.54. The van der Waals surface area contributed by atoms with Gasteiger partial charge in [-0.3, -0.25) is 4.79 Å². The molecule has 0 aliphatic carbocycles. The molecule has 3 aromatic rings. The van der Waals surface area contributed by atoms with Gasteiger partial charge in [0.2, 0.25) is 5.95 Å². The van der Waals surface area contributed by atoms with E-state index in [1.807, 2.05) is 55.4 Å². The van der Waals surface area contributed by atoms with Crippen LogP contribution in [0.25, 0.3) is 10.9 Å². The van der Waals surface area contributed by atoms with E-state index in [2.05, 4.69) is 15.3 Å². The first-order valence-electron chi connectivity index (χ1n) is 7.37. The minimum Gasteiger partial charge on any atom is -0.362 e. The van der Waals surface area contributed by atoms with Gasteiger partial charge in [-0.2, -0.15) is 4.98 Å². The van der Waals surface area contributed by atoms with E-state index in [-0.39, 0.29) is 5.78 Å². The number of Topliss-reactive ketones (excluding diaryl/α,β-unsaturated/α-hetero) is 1. The van der Waals surface area contributed by atoms with Crippen LogP contribution in [-0.2, 0) is 0 Å². The second-order valence-electron chi connectivity index (χ2n) is 5.54. The lowest BCUT2D eigenvalue weighted by atomic mass is 10.1. The Morgan fingerprint density at radius 3 is 2.35 bits per heavy atom. The van der Waals surface area contributed by atoms with Crippen LogP contribution in [0.5, 0.6) is 0 Å². The monoisotopic (exact) mass is 306 g/mol. The van der Waals surface area contributed by atoms with Gasteiger partial charge in [0.15, 0.2) is 5.78 Å². The molecule has 2 aromatic carbocycles. The maximum atomic E-state index is 11.3. The zero-order valence-electron chi connectivity index (χ0n) is 13.4. The number of carbonyl (C=O) groups excluding carboxylic acids is 1. The number of fused-ring (bicyclic) bond motifs is 1. The third-order valence-corrected chi connectivity index (χ3v) is 3.55. The SMILES string of the molecule is CC(=O)c1ccc(Nc2nc(N(C)C)c3ccccc3n2)cc1. The van der Waals surface area contributed by atoms with Crippen LogP contribution in [0.4, 0.5) is 17.5 Å². The van der Waals surface area contributed by atoms with Gasteiger partial charge in [0.1, 0.15) is 5.82 Å². The smallest absolute Gasteiger partial charge is 0.229 e. The second kappa shape index (κ2) is 6.04. The van der Waals surface area contributed by atoms with Gasteiger partial charge in [-0.15, -0.1) is 0 Å². The molecule has 1 aromatic heterocycles. The second-order valence-corrected chi connectivity index (χ2v) is 5.54. The van der Waals surface area contributed by atoms with E-state index in [1.54, 1.807) is 19.1 Å². The van der Waals surface area contributed by atoms with Crippen LogP contribution in [0.2, 0.25) is 0 Å². The molecule has 0 unspecified atom stereocenters. The molecule has 5 nitrogen and oxygen atoms in total. The van der Waals surface area contributed by atoms with E-state index in [9.17, 15) is 4.79 Å². The van der Waals surface area contributed by atoms with Gasteiger partial charge < -0.3 is 10.2 Å². The molecule has 0 saturated carbocycles. The molecular formula is C18H18N4O. The van der Waals surface area contributed by atoms with Crippen molar-refractivity contribution in [1.29, 1.82) is 0 Å². The van der Waals surface area contributed by atoms with E-state index < -0.39 is 0 Å².